The van der Waals surface area contributed by atoms with Crippen molar-refractivity contribution < 1.29 is 27.5 Å². The van der Waals surface area contributed by atoms with Gasteiger partial charge in [-0.2, -0.15) is 13.2 Å². The van der Waals surface area contributed by atoms with Crippen LogP contribution in [0.4, 0.5) is 35.2 Å². The maximum atomic E-state index is 13.4. The lowest BCUT2D eigenvalue weighted by Gasteiger charge is -2.23. The molecule has 35 heavy (non-hydrogen) atoms. The number of benzene rings is 1. The third-order valence-electron chi connectivity index (χ3n) is 5.40. The van der Waals surface area contributed by atoms with E-state index in [1.54, 1.807) is 13.0 Å². The normalized spacial score (nSPS) is 14.1. The molecule has 1 aliphatic rings. The number of amides is 2. The van der Waals surface area contributed by atoms with Crippen LogP contribution in [0.2, 0.25) is 0 Å². The Morgan fingerprint density at radius 3 is 2.40 bits per heavy atom. The van der Waals surface area contributed by atoms with Crippen LogP contribution in [0, 0.1) is 6.92 Å². The van der Waals surface area contributed by atoms with Crippen molar-refractivity contribution in [3.63, 3.8) is 0 Å². The number of halogens is 3. The van der Waals surface area contributed by atoms with Crippen LogP contribution in [0.25, 0.3) is 0 Å². The fourth-order valence-corrected chi connectivity index (χ4v) is 3.42. The summed E-state index contributed by atoms with van der Waals surface area (Å²) in [7, 11) is 1.50. The highest BCUT2D eigenvalue weighted by atomic mass is 19.4. The maximum absolute atomic E-state index is 13.4. The van der Waals surface area contributed by atoms with Crippen molar-refractivity contribution in [3.8, 4) is 5.75 Å². The molecule has 0 unspecified atom stereocenters. The smallest absolute Gasteiger partial charge is 0.407 e. The van der Waals surface area contributed by atoms with E-state index in [1.807, 2.05) is 0 Å². The molecule has 2 aromatic heterocycles. The van der Waals surface area contributed by atoms with Gasteiger partial charge in [0.2, 0.25) is 0 Å². The summed E-state index contributed by atoms with van der Waals surface area (Å²) in [5.74, 6) is -0.00289. The highest BCUT2D eigenvalue weighted by Crippen LogP contribution is 2.39. The minimum Gasteiger partial charge on any atom is -0.407 e. The van der Waals surface area contributed by atoms with Gasteiger partial charge in [0.15, 0.2) is 5.75 Å². The first-order chi connectivity index (χ1) is 16.6. The van der Waals surface area contributed by atoms with Gasteiger partial charge in [-0.05, 0) is 44.0 Å². The lowest BCUT2D eigenvalue weighted by molar-refractivity contribution is -0.137. The van der Waals surface area contributed by atoms with Crippen LogP contribution in [0.5, 0.6) is 5.75 Å². The number of hydrogen-bond donors (Lipinski definition) is 2. The molecule has 4 rings (SSSR count). The van der Waals surface area contributed by atoms with Crippen LogP contribution in [0.15, 0.2) is 55.2 Å². The lowest BCUT2D eigenvalue weighted by atomic mass is 10.1. The lowest BCUT2D eigenvalue weighted by Crippen LogP contribution is -2.50. The number of aromatic nitrogens is 3. The Morgan fingerprint density at radius 2 is 1.80 bits per heavy atom. The number of carbonyl (C=O) groups excluding carboxylic acids is 2. The first-order valence-electron chi connectivity index (χ1n) is 10.5. The second kappa shape index (κ2) is 9.20. The van der Waals surface area contributed by atoms with Crippen LogP contribution in [0.3, 0.4) is 0 Å². The fraction of sp³-hybridized carbons (Fsp3) is 0.261. The third-order valence-corrected chi connectivity index (χ3v) is 5.40. The third kappa shape index (κ3) is 5.48. The molecule has 1 saturated carbocycles. The molecular formula is C23H21F3N6O3. The molecular weight excluding hydrogens is 465 g/mol. The number of alkyl halides is 3. The largest absolute Gasteiger partial charge is 0.418 e. The molecule has 1 fully saturated rings. The van der Waals surface area contributed by atoms with Gasteiger partial charge < -0.3 is 15.4 Å². The Labute approximate surface area is 198 Å². The topological polar surface area (TPSA) is 109 Å². The zero-order valence-corrected chi connectivity index (χ0v) is 18.8. The minimum absolute atomic E-state index is 0.106. The number of rotatable bonds is 6. The summed E-state index contributed by atoms with van der Waals surface area (Å²) in [5, 5.41) is 5.30. The highest BCUT2D eigenvalue weighted by molar-refractivity contribution is 6.03. The summed E-state index contributed by atoms with van der Waals surface area (Å²) in [4.78, 5) is 38.2. The average molecular weight is 486 g/mol. The fourth-order valence-electron chi connectivity index (χ4n) is 3.42. The summed E-state index contributed by atoms with van der Waals surface area (Å²) < 4.78 is 45.2. The van der Waals surface area contributed by atoms with Crippen molar-refractivity contribution in [1.82, 2.24) is 20.3 Å². The van der Waals surface area contributed by atoms with Gasteiger partial charge in [0.1, 0.15) is 17.7 Å². The molecule has 2 N–H and O–H groups in total. The number of nitrogens with zero attached hydrogens (tertiary/aromatic N) is 4. The molecule has 0 aliphatic heterocycles. The second-order valence-electron chi connectivity index (χ2n) is 8.11. The quantitative estimate of drug-likeness (QED) is 0.537. The first kappa shape index (κ1) is 23.9. The second-order valence-corrected chi connectivity index (χ2v) is 8.11. The Morgan fingerprint density at radius 1 is 1.09 bits per heavy atom. The van der Waals surface area contributed by atoms with E-state index in [9.17, 15) is 22.8 Å². The predicted molar refractivity (Wildman–Crippen MR) is 120 cm³/mol. The van der Waals surface area contributed by atoms with E-state index in [1.165, 1.54) is 55.1 Å². The zero-order chi connectivity index (χ0) is 25.2. The maximum Gasteiger partial charge on any atom is 0.418 e. The molecule has 1 aliphatic carbocycles. The molecule has 0 saturated heterocycles. The van der Waals surface area contributed by atoms with Crippen molar-refractivity contribution in [2.24, 2.45) is 0 Å². The van der Waals surface area contributed by atoms with Crippen molar-refractivity contribution in [2.45, 2.75) is 31.5 Å². The molecule has 1 aromatic carbocycles. The number of nitrogens with one attached hydrogen (secondary N) is 2. The van der Waals surface area contributed by atoms with Crippen molar-refractivity contribution in [1.29, 1.82) is 0 Å². The zero-order valence-electron chi connectivity index (χ0n) is 18.8. The molecule has 0 radical (unpaired) electrons. The summed E-state index contributed by atoms with van der Waals surface area (Å²) in [5.41, 5.74) is -1.21. The molecule has 0 bridgehead atoms. The number of carbonyl (C=O) groups is 2. The van der Waals surface area contributed by atoms with Gasteiger partial charge in [-0.1, -0.05) is 11.6 Å². The Kier molecular flexibility index (Phi) is 6.29. The van der Waals surface area contributed by atoms with Gasteiger partial charge in [0.25, 0.3) is 5.91 Å². The van der Waals surface area contributed by atoms with E-state index in [-0.39, 0.29) is 17.3 Å². The molecule has 2 amide bonds. The number of pyridine rings is 1. The number of anilines is 3. The number of hydrogen-bond acceptors (Lipinski definition) is 7. The van der Waals surface area contributed by atoms with Crippen molar-refractivity contribution in [3.05, 3.63) is 66.4 Å². The SMILES string of the molecule is Cc1ccc(Nc2ccc(N(C)C(=O)C3(NC(=O)Oc4cncnc4)CC3)nc2)c(C(F)(F)F)c1. The standard InChI is InChI=1S/C23H21F3N6O3/c1-14-3-5-18(17(9-14)23(24,25)26)30-15-4-6-19(29-10-15)32(2)20(33)22(7-8-22)31-21(34)35-16-11-27-13-28-12-16/h3-6,9-13,30H,7-8H2,1-2H3,(H,31,34). The van der Waals surface area contributed by atoms with Crippen LogP contribution in [-0.2, 0) is 11.0 Å². The molecule has 0 atom stereocenters. The monoisotopic (exact) mass is 486 g/mol. The Balaban J connectivity index is 1.42. The average Bonchev–Trinajstić information content (AvgIpc) is 3.60. The van der Waals surface area contributed by atoms with Gasteiger partial charge in [-0.15, -0.1) is 0 Å². The van der Waals surface area contributed by atoms with Crippen LogP contribution < -0.4 is 20.3 Å². The van der Waals surface area contributed by atoms with Gasteiger partial charge >= 0.3 is 12.3 Å². The molecule has 0 spiro atoms. The van der Waals surface area contributed by atoms with Gasteiger partial charge in [-0.3, -0.25) is 9.69 Å². The van der Waals surface area contributed by atoms with Crippen molar-refractivity contribution >= 4 is 29.2 Å². The Hall–Kier alpha value is -4.22. The number of likely N-dealkylation sites (N-methyl/N-ethyl adjacent to an activating group) is 1. The number of aryl methyl sites for hydroxylation is 1. The number of ether oxygens (including phenoxy) is 1. The summed E-state index contributed by atoms with van der Waals surface area (Å²) >= 11 is 0. The molecule has 182 valence electrons. The van der Waals surface area contributed by atoms with Gasteiger partial charge in [0, 0.05) is 7.05 Å². The summed E-state index contributed by atoms with van der Waals surface area (Å²) in [6, 6.07) is 7.00. The molecule has 2 heterocycles. The molecule has 12 heteroatoms. The van der Waals surface area contributed by atoms with E-state index in [4.69, 9.17) is 4.74 Å². The van der Waals surface area contributed by atoms with E-state index >= 15 is 0 Å². The van der Waals surface area contributed by atoms with E-state index in [0.29, 0.717) is 24.1 Å². The predicted octanol–water partition coefficient (Wildman–Crippen LogP) is 4.23. The van der Waals surface area contributed by atoms with Gasteiger partial charge in [-0.25, -0.2) is 19.7 Å². The van der Waals surface area contributed by atoms with Crippen LogP contribution >= 0.6 is 0 Å². The summed E-state index contributed by atoms with van der Waals surface area (Å²) in [6.45, 7) is 1.58. The van der Waals surface area contributed by atoms with Crippen molar-refractivity contribution in [2.75, 3.05) is 17.3 Å². The van der Waals surface area contributed by atoms with Gasteiger partial charge in [0.05, 0.1) is 35.5 Å². The van der Waals surface area contributed by atoms with Crippen LogP contribution in [0.1, 0.15) is 24.0 Å². The molecule has 9 nitrogen and oxygen atoms in total. The van der Waals surface area contributed by atoms with E-state index in [0.717, 1.165) is 6.07 Å². The Bertz CT molecular complexity index is 1230. The van der Waals surface area contributed by atoms with Crippen LogP contribution in [-0.4, -0.2) is 39.5 Å². The van der Waals surface area contributed by atoms with E-state index in [2.05, 4.69) is 25.6 Å². The summed E-state index contributed by atoms with van der Waals surface area (Å²) in [6.07, 6.45) is 0.750. The minimum atomic E-state index is -4.52. The first-order valence-corrected chi connectivity index (χ1v) is 10.5. The highest BCUT2D eigenvalue weighted by Gasteiger charge is 2.53. The van der Waals surface area contributed by atoms with E-state index < -0.39 is 29.3 Å². The molecule has 3 aromatic rings.